The molecule has 2 aliphatic heterocycles. The van der Waals surface area contributed by atoms with E-state index in [9.17, 15) is 9.59 Å². The number of para-hydroxylation sites is 1. The van der Waals surface area contributed by atoms with Crippen LogP contribution < -0.4 is 4.90 Å². The number of hydrogen-bond acceptors (Lipinski definition) is 4. The minimum absolute atomic E-state index is 0.135. The largest absolute Gasteiger partial charge is 0.379 e. The summed E-state index contributed by atoms with van der Waals surface area (Å²) in [6.45, 7) is 2.64. The van der Waals surface area contributed by atoms with Gasteiger partial charge in [-0.2, -0.15) is 0 Å². The van der Waals surface area contributed by atoms with Crippen molar-refractivity contribution < 1.29 is 14.3 Å². The zero-order valence-corrected chi connectivity index (χ0v) is 12.5. The highest BCUT2D eigenvalue weighted by molar-refractivity contribution is 9.10. The Morgan fingerprint density at radius 1 is 1.15 bits per heavy atom. The molecule has 0 N–H and O–H groups in total. The van der Waals surface area contributed by atoms with E-state index in [2.05, 4.69) is 15.9 Å². The van der Waals surface area contributed by atoms with Gasteiger partial charge in [0.25, 0.3) is 5.91 Å². The molecule has 3 rings (SSSR count). The van der Waals surface area contributed by atoms with Crippen molar-refractivity contribution in [1.29, 1.82) is 0 Å². The van der Waals surface area contributed by atoms with Gasteiger partial charge in [0.05, 0.1) is 31.4 Å². The van der Waals surface area contributed by atoms with Crippen molar-refractivity contribution in [3.05, 3.63) is 28.7 Å². The van der Waals surface area contributed by atoms with Crippen molar-refractivity contribution in [2.75, 3.05) is 31.2 Å². The molecule has 2 amide bonds. The van der Waals surface area contributed by atoms with Crippen LogP contribution in [0, 0.1) is 0 Å². The normalized spacial score (nSPS) is 24.4. The molecule has 1 unspecified atom stereocenters. The second-order valence-electron chi connectivity index (χ2n) is 4.89. The fourth-order valence-electron chi connectivity index (χ4n) is 2.68. The van der Waals surface area contributed by atoms with Crippen LogP contribution in [0.1, 0.15) is 6.42 Å². The van der Waals surface area contributed by atoms with Crippen LogP contribution >= 0.6 is 15.9 Å². The standard InChI is InChI=1S/C14H15BrN2O3/c15-10-3-1-2-4-11(10)17-13(18)9-12(14(17)19)16-5-7-20-8-6-16/h1-4,12H,5-9H2. The van der Waals surface area contributed by atoms with E-state index < -0.39 is 0 Å². The van der Waals surface area contributed by atoms with Crippen LogP contribution in [-0.2, 0) is 14.3 Å². The van der Waals surface area contributed by atoms with Gasteiger partial charge in [-0.3, -0.25) is 14.5 Å². The van der Waals surface area contributed by atoms with Crippen molar-refractivity contribution in [3.63, 3.8) is 0 Å². The summed E-state index contributed by atoms with van der Waals surface area (Å²) in [7, 11) is 0. The molecule has 0 saturated carbocycles. The molecule has 1 aromatic rings. The maximum atomic E-state index is 12.6. The second kappa shape index (κ2) is 5.63. The number of carbonyl (C=O) groups is 2. The van der Waals surface area contributed by atoms with E-state index in [1.54, 1.807) is 6.07 Å². The van der Waals surface area contributed by atoms with Crippen LogP contribution in [0.3, 0.4) is 0 Å². The Hall–Kier alpha value is -1.24. The van der Waals surface area contributed by atoms with Gasteiger partial charge in [0, 0.05) is 17.6 Å². The van der Waals surface area contributed by atoms with Gasteiger partial charge >= 0.3 is 0 Å². The number of amides is 2. The SMILES string of the molecule is O=C1CC(N2CCOCC2)C(=O)N1c1ccccc1Br. The molecule has 6 heteroatoms. The molecule has 1 aromatic carbocycles. The number of rotatable bonds is 2. The third kappa shape index (κ3) is 2.39. The number of benzene rings is 1. The molecule has 0 spiro atoms. The Morgan fingerprint density at radius 3 is 2.55 bits per heavy atom. The maximum absolute atomic E-state index is 12.6. The van der Waals surface area contributed by atoms with Gasteiger partial charge in [0.2, 0.25) is 5.91 Å². The summed E-state index contributed by atoms with van der Waals surface area (Å²) < 4.78 is 6.05. The first kappa shape index (κ1) is 13.7. The first-order valence-corrected chi connectivity index (χ1v) is 7.41. The number of anilines is 1. The fourth-order valence-corrected chi connectivity index (χ4v) is 3.14. The summed E-state index contributed by atoms with van der Waals surface area (Å²) in [4.78, 5) is 28.1. The number of imide groups is 1. The molecule has 2 fully saturated rings. The van der Waals surface area contributed by atoms with Crippen molar-refractivity contribution in [1.82, 2.24) is 4.90 Å². The number of morpholine rings is 1. The molecule has 0 bridgehead atoms. The molecular weight excluding hydrogens is 324 g/mol. The Balaban J connectivity index is 1.85. The van der Waals surface area contributed by atoms with Gasteiger partial charge in [-0.25, -0.2) is 4.90 Å². The van der Waals surface area contributed by atoms with Crippen molar-refractivity contribution in [2.45, 2.75) is 12.5 Å². The molecule has 2 aliphatic rings. The molecule has 2 heterocycles. The van der Waals surface area contributed by atoms with Crippen molar-refractivity contribution >= 4 is 33.4 Å². The molecule has 0 aromatic heterocycles. The first-order valence-electron chi connectivity index (χ1n) is 6.61. The highest BCUT2D eigenvalue weighted by Crippen LogP contribution is 2.31. The third-order valence-electron chi connectivity index (χ3n) is 3.70. The van der Waals surface area contributed by atoms with E-state index in [0.717, 1.165) is 4.47 Å². The first-order chi connectivity index (χ1) is 9.68. The van der Waals surface area contributed by atoms with E-state index in [1.165, 1.54) is 4.90 Å². The Labute approximate surface area is 125 Å². The van der Waals surface area contributed by atoms with Gasteiger partial charge in [-0.1, -0.05) is 12.1 Å². The fraction of sp³-hybridized carbons (Fsp3) is 0.429. The molecule has 0 aliphatic carbocycles. The predicted molar refractivity (Wildman–Crippen MR) is 77.4 cm³/mol. The average molecular weight is 339 g/mol. The molecule has 5 nitrogen and oxygen atoms in total. The van der Waals surface area contributed by atoms with Gasteiger partial charge in [-0.05, 0) is 28.1 Å². The topological polar surface area (TPSA) is 49.9 Å². The summed E-state index contributed by atoms with van der Waals surface area (Å²) in [6.07, 6.45) is 0.250. The lowest BCUT2D eigenvalue weighted by Crippen LogP contribution is -2.47. The lowest BCUT2D eigenvalue weighted by molar-refractivity contribution is -0.123. The Kier molecular flexibility index (Phi) is 3.87. The summed E-state index contributed by atoms with van der Waals surface area (Å²) in [6, 6.07) is 6.94. The van der Waals surface area contributed by atoms with Gasteiger partial charge in [-0.15, -0.1) is 0 Å². The minimum Gasteiger partial charge on any atom is -0.379 e. The molecule has 106 valence electrons. The van der Waals surface area contributed by atoms with Crippen molar-refractivity contribution in [3.8, 4) is 0 Å². The number of carbonyl (C=O) groups excluding carboxylic acids is 2. The van der Waals surface area contributed by atoms with Crippen LogP contribution in [0.15, 0.2) is 28.7 Å². The second-order valence-corrected chi connectivity index (χ2v) is 5.74. The lowest BCUT2D eigenvalue weighted by atomic mass is 10.2. The molecule has 1 atom stereocenters. The van der Waals surface area contributed by atoms with Gasteiger partial charge in [0.15, 0.2) is 0 Å². The Bertz CT molecular complexity index is 543. The van der Waals surface area contributed by atoms with Gasteiger partial charge in [0.1, 0.15) is 0 Å². The number of hydrogen-bond donors (Lipinski definition) is 0. The maximum Gasteiger partial charge on any atom is 0.251 e. The van der Waals surface area contributed by atoms with Crippen molar-refractivity contribution in [2.24, 2.45) is 0 Å². The zero-order chi connectivity index (χ0) is 14.1. The molecule has 2 saturated heterocycles. The Morgan fingerprint density at radius 2 is 1.85 bits per heavy atom. The van der Waals surface area contributed by atoms with Crippen LogP contribution in [-0.4, -0.2) is 49.1 Å². The van der Waals surface area contributed by atoms with Crippen LogP contribution in [0.4, 0.5) is 5.69 Å². The zero-order valence-electron chi connectivity index (χ0n) is 10.9. The smallest absolute Gasteiger partial charge is 0.251 e. The van der Waals surface area contributed by atoms with E-state index in [-0.39, 0.29) is 24.3 Å². The van der Waals surface area contributed by atoms with Crippen LogP contribution in [0.25, 0.3) is 0 Å². The lowest BCUT2D eigenvalue weighted by Gasteiger charge is -2.30. The summed E-state index contributed by atoms with van der Waals surface area (Å²) in [5, 5.41) is 0. The van der Waals surface area contributed by atoms with Crippen LogP contribution in [0.5, 0.6) is 0 Å². The van der Waals surface area contributed by atoms with E-state index in [4.69, 9.17) is 4.74 Å². The van der Waals surface area contributed by atoms with E-state index in [1.807, 2.05) is 23.1 Å². The molecule has 20 heavy (non-hydrogen) atoms. The highest BCUT2D eigenvalue weighted by Gasteiger charge is 2.43. The van der Waals surface area contributed by atoms with Gasteiger partial charge < -0.3 is 4.74 Å². The number of ether oxygens (including phenoxy) is 1. The number of halogens is 1. The number of nitrogens with zero attached hydrogens (tertiary/aromatic N) is 2. The third-order valence-corrected chi connectivity index (χ3v) is 4.37. The van der Waals surface area contributed by atoms with E-state index in [0.29, 0.717) is 32.0 Å². The monoisotopic (exact) mass is 338 g/mol. The van der Waals surface area contributed by atoms with Crippen LogP contribution in [0.2, 0.25) is 0 Å². The summed E-state index contributed by atoms with van der Waals surface area (Å²) >= 11 is 3.40. The van der Waals surface area contributed by atoms with E-state index >= 15 is 0 Å². The molecule has 0 radical (unpaired) electrons. The minimum atomic E-state index is -0.349. The summed E-state index contributed by atoms with van der Waals surface area (Å²) in [5.41, 5.74) is 0.623. The predicted octanol–water partition coefficient (Wildman–Crippen LogP) is 1.41. The average Bonchev–Trinajstić information content (AvgIpc) is 2.76. The highest BCUT2D eigenvalue weighted by atomic mass is 79.9. The quantitative estimate of drug-likeness (QED) is 0.765. The molecular formula is C14H15BrN2O3. The summed E-state index contributed by atoms with van der Waals surface area (Å²) in [5.74, 6) is -0.276.